The highest BCUT2D eigenvalue weighted by Crippen LogP contribution is 2.23. The molecular formula is C20H31IN4O3S. The summed E-state index contributed by atoms with van der Waals surface area (Å²) in [5.41, 5.74) is 4.56. The third kappa shape index (κ3) is 6.91. The summed E-state index contributed by atoms with van der Waals surface area (Å²) in [5.74, 6) is 1.57. The zero-order chi connectivity index (χ0) is 20.9. The van der Waals surface area contributed by atoms with E-state index in [-0.39, 0.29) is 29.7 Å². The summed E-state index contributed by atoms with van der Waals surface area (Å²) in [5, 5.41) is 3.11. The van der Waals surface area contributed by atoms with Gasteiger partial charge in [-0.15, -0.1) is 24.0 Å². The van der Waals surface area contributed by atoms with E-state index in [1.165, 1.54) is 11.8 Å². The minimum absolute atomic E-state index is 0. The van der Waals surface area contributed by atoms with Crippen LogP contribution in [0.4, 0.5) is 0 Å². The molecule has 1 aromatic carbocycles. The molecule has 2 rings (SSSR count). The van der Waals surface area contributed by atoms with Crippen molar-refractivity contribution in [3.05, 3.63) is 47.3 Å². The molecule has 162 valence electrons. The minimum Gasteiger partial charge on any atom is -0.497 e. The Morgan fingerprint density at radius 3 is 2.38 bits per heavy atom. The molecule has 29 heavy (non-hydrogen) atoms. The number of ether oxygens (including phenoxy) is 1. The van der Waals surface area contributed by atoms with Crippen LogP contribution >= 0.6 is 24.0 Å². The van der Waals surface area contributed by atoms with Crippen LogP contribution in [-0.4, -0.2) is 63.6 Å². The molecule has 2 aromatic rings. The Hall–Kier alpha value is -1.75. The fourth-order valence-electron chi connectivity index (χ4n) is 3.18. The Bertz CT molecular complexity index is 937. The Labute approximate surface area is 191 Å². The summed E-state index contributed by atoms with van der Waals surface area (Å²) in [6, 6.07) is 10.1. The van der Waals surface area contributed by atoms with Crippen LogP contribution in [0.15, 0.2) is 35.3 Å². The quantitative estimate of drug-likeness (QED) is 0.336. The van der Waals surface area contributed by atoms with Crippen molar-refractivity contribution < 1.29 is 13.2 Å². The van der Waals surface area contributed by atoms with E-state index < -0.39 is 9.84 Å². The maximum absolute atomic E-state index is 11.3. The number of halogens is 1. The zero-order valence-corrected chi connectivity index (χ0v) is 21.0. The molecule has 0 aliphatic carbocycles. The molecule has 1 N–H and O–H groups in total. The van der Waals surface area contributed by atoms with E-state index in [4.69, 9.17) is 4.74 Å². The number of nitrogens with zero attached hydrogens (tertiary/aromatic N) is 3. The van der Waals surface area contributed by atoms with Gasteiger partial charge in [0.25, 0.3) is 0 Å². The summed E-state index contributed by atoms with van der Waals surface area (Å²) >= 11 is 0. The lowest BCUT2D eigenvalue weighted by Gasteiger charge is -2.22. The predicted octanol–water partition coefficient (Wildman–Crippen LogP) is 2.77. The molecular weight excluding hydrogens is 503 g/mol. The highest BCUT2D eigenvalue weighted by molar-refractivity contribution is 14.0. The SMILES string of the molecule is CN=C(NCCS(C)(=O)=O)N(C)Cc1cc(C)n(-c2ccc(OC)cc2)c1C.I. The first-order valence-electron chi connectivity index (χ1n) is 9.08. The van der Waals surface area contributed by atoms with Crippen molar-refractivity contribution in [2.75, 3.05) is 39.8 Å². The number of hydrogen-bond donors (Lipinski definition) is 1. The van der Waals surface area contributed by atoms with E-state index in [1.54, 1.807) is 14.2 Å². The number of rotatable bonds is 7. The van der Waals surface area contributed by atoms with E-state index >= 15 is 0 Å². The fraction of sp³-hybridized carbons (Fsp3) is 0.450. The lowest BCUT2D eigenvalue weighted by molar-refractivity contribution is 0.414. The molecule has 0 fully saturated rings. The number of benzene rings is 1. The molecule has 0 saturated heterocycles. The molecule has 1 aromatic heterocycles. The van der Waals surface area contributed by atoms with Crippen LogP contribution in [-0.2, 0) is 16.4 Å². The maximum Gasteiger partial charge on any atom is 0.193 e. The zero-order valence-electron chi connectivity index (χ0n) is 17.9. The molecule has 0 amide bonds. The largest absolute Gasteiger partial charge is 0.497 e. The number of nitrogens with one attached hydrogen (secondary N) is 1. The Morgan fingerprint density at radius 1 is 1.24 bits per heavy atom. The second-order valence-electron chi connectivity index (χ2n) is 6.89. The summed E-state index contributed by atoms with van der Waals surface area (Å²) in [6.45, 7) is 5.18. The molecule has 0 atom stereocenters. The molecule has 0 unspecified atom stereocenters. The van der Waals surface area contributed by atoms with Gasteiger partial charge in [0.05, 0.1) is 12.9 Å². The molecule has 0 bridgehead atoms. The van der Waals surface area contributed by atoms with Gasteiger partial charge in [-0.3, -0.25) is 4.99 Å². The molecule has 0 spiro atoms. The summed E-state index contributed by atoms with van der Waals surface area (Å²) < 4.78 is 30.1. The van der Waals surface area contributed by atoms with Crippen molar-refractivity contribution in [1.82, 2.24) is 14.8 Å². The maximum atomic E-state index is 11.3. The molecule has 0 aliphatic heterocycles. The molecule has 0 aliphatic rings. The highest BCUT2D eigenvalue weighted by Gasteiger charge is 2.14. The van der Waals surface area contributed by atoms with Crippen LogP contribution in [0.5, 0.6) is 5.75 Å². The molecule has 0 radical (unpaired) electrons. The van der Waals surface area contributed by atoms with E-state index in [0.717, 1.165) is 22.8 Å². The van der Waals surface area contributed by atoms with Crippen molar-refractivity contribution in [3.63, 3.8) is 0 Å². The summed E-state index contributed by atoms with van der Waals surface area (Å²) in [4.78, 5) is 6.24. The van der Waals surface area contributed by atoms with E-state index in [2.05, 4.69) is 34.8 Å². The Balaban J connectivity index is 0.00000420. The van der Waals surface area contributed by atoms with Gasteiger partial charge in [0, 0.05) is 50.5 Å². The Kier molecular flexibility index (Phi) is 9.47. The number of guanidine groups is 1. The van der Waals surface area contributed by atoms with Crippen LogP contribution in [0.3, 0.4) is 0 Å². The summed E-state index contributed by atoms with van der Waals surface area (Å²) in [6.07, 6.45) is 1.23. The monoisotopic (exact) mass is 534 g/mol. The number of methoxy groups -OCH3 is 1. The Morgan fingerprint density at radius 2 is 1.86 bits per heavy atom. The van der Waals surface area contributed by atoms with Crippen LogP contribution < -0.4 is 10.1 Å². The third-order valence-corrected chi connectivity index (χ3v) is 5.55. The topological polar surface area (TPSA) is 75.9 Å². The standard InChI is InChI=1S/C20H30N4O3S.HI/c1-15-13-17(14-23(4)20(21-3)22-11-12-28(6,25)26)16(2)24(15)18-7-9-19(27-5)10-8-18;/h7-10,13H,11-12,14H2,1-6H3,(H,21,22);1H. The predicted molar refractivity (Wildman–Crippen MR) is 130 cm³/mol. The van der Waals surface area contributed by atoms with Crippen LogP contribution in [0.2, 0.25) is 0 Å². The molecule has 7 nitrogen and oxygen atoms in total. The normalized spacial score (nSPS) is 11.7. The fourth-order valence-corrected chi connectivity index (χ4v) is 3.65. The van der Waals surface area contributed by atoms with Gasteiger partial charge in [0.1, 0.15) is 15.6 Å². The van der Waals surface area contributed by atoms with Gasteiger partial charge in [-0.1, -0.05) is 0 Å². The second kappa shape index (κ2) is 10.9. The van der Waals surface area contributed by atoms with E-state index in [9.17, 15) is 8.42 Å². The van der Waals surface area contributed by atoms with Gasteiger partial charge in [-0.05, 0) is 49.7 Å². The van der Waals surface area contributed by atoms with Gasteiger partial charge >= 0.3 is 0 Å². The van der Waals surface area contributed by atoms with Crippen LogP contribution in [0, 0.1) is 13.8 Å². The smallest absolute Gasteiger partial charge is 0.193 e. The van der Waals surface area contributed by atoms with Crippen molar-refractivity contribution in [2.45, 2.75) is 20.4 Å². The number of aliphatic imine (C=N–C) groups is 1. The number of aryl methyl sites for hydroxylation is 1. The average molecular weight is 534 g/mol. The van der Waals surface area contributed by atoms with Gasteiger partial charge in [-0.2, -0.15) is 0 Å². The van der Waals surface area contributed by atoms with E-state index in [1.807, 2.05) is 36.2 Å². The van der Waals surface area contributed by atoms with Crippen molar-refractivity contribution >= 4 is 39.8 Å². The lowest BCUT2D eigenvalue weighted by atomic mass is 10.2. The minimum atomic E-state index is -3.01. The van der Waals surface area contributed by atoms with E-state index in [0.29, 0.717) is 19.0 Å². The number of hydrogen-bond acceptors (Lipinski definition) is 4. The number of sulfone groups is 1. The number of aromatic nitrogens is 1. The van der Waals surface area contributed by atoms with Gasteiger partial charge in [0.2, 0.25) is 0 Å². The highest BCUT2D eigenvalue weighted by atomic mass is 127. The molecule has 0 saturated carbocycles. The van der Waals surface area contributed by atoms with Gasteiger partial charge in [-0.25, -0.2) is 8.42 Å². The average Bonchev–Trinajstić information content (AvgIpc) is 2.91. The van der Waals surface area contributed by atoms with Crippen molar-refractivity contribution in [3.8, 4) is 11.4 Å². The van der Waals surface area contributed by atoms with Crippen LogP contribution in [0.25, 0.3) is 5.69 Å². The van der Waals surface area contributed by atoms with Gasteiger partial charge < -0.3 is 19.5 Å². The first-order valence-corrected chi connectivity index (χ1v) is 11.1. The first-order chi connectivity index (χ1) is 13.2. The van der Waals surface area contributed by atoms with Crippen LogP contribution in [0.1, 0.15) is 17.0 Å². The summed E-state index contributed by atoms with van der Waals surface area (Å²) in [7, 11) is 2.29. The van der Waals surface area contributed by atoms with Crippen molar-refractivity contribution in [1.29, 1.82) is 0 Å². The van der Waals surface area contributed by atoms with Crippen molar-refractivity contribution in [2.24, 2.45) is 4.99 Å². The lowest BCUT2D eigenvalue weighted by Crippen LogP contribution is -2.40. The second-order valence-corrected chi connectivity index (χ2v) is 9.15. The van der Waals surface area contributed by atoms with Gasteiger partial charge in [0.15, 0.2) is 5.96 Å². The first kappa shape index (κ1) is 25.3. The third-order valence-electron chi connectivity index (χ3n) is 4.60. The molecule has 1 heterocycles. The molecule has 9 heteroatoms.